The predicted octanol–water partition coefficient (Wildman–Crippen LogP) is 3.99. The summed E-state index contributed by atoms with van der Waals surface area (Å²) in [6.45, 7) is 2.22. The van der Waals surface area contributed by atoms with Crippen molar-refractivity contribution in [1.82, 2.24) is 0 Å². The molecule has 1 aliphatic carbocycles. The molecular formula is C19H23NO4. The number of hydrogen-bond donors (Lipinski definition) is 1. The number of benzene rings is 1. The van der Waals surface area contributed by atoms with E-state index in [2.05, 4.69) is 12.2 Å². The molecule has 5 heteroatoms. The summed E-state index contributed by atoms with van der Waals surface area (Å²) in [7, 11) is 3.15. The van der Waals surface area contributed by atoms with Gasteiger partial charge >= 0.3 is 0 Å². The van der Waals surface area contributed by atoms with Crippen LogP contribution in [0.1, 0.15) is 37.2 Å². The second kappa shape index (κ2) is 6.99. The summed E-state index contributed by atoms with van der Waals surface area (Å²) < 4.78 is 16.3. The van der Waals surface area contributed by atoms with Gasteiger partial charge in [0.25, 0.3) is 0 Å². The van der Waals surface area contributed by atoms with E-state index in [0.29, 0.717) is 35.9 Å². The standard InChI is InChI=1S/C19H23NO4/c1-12-10-15(12)17-8-5-13(24-17)6-9-19(21)20-16-7-4-14(22-2)11-18(16)23-3/h4-5,7-8,11-12,15H,6,9-10H2,1-3H3,(H,20,21)/t12-,15+/m0/s1. The van der Waals surface area contributed by atoms with E-state index in [-0.39, 0.29) is 5.91 Å². The second-order valence-corrected chi connectivity index (χ2v) is 6.24. The molecule has 1 fully saturated rings. The maximum Gasteiger partial charge on any atom is 0.224 e. The molecule has 1 aromatic heterocycles. The predicted molar refractivity (Wildman–Crippen MR) is 91.7 cm³/mol. The van der Waals surface area contributed by atoms with Gasteiger partial charge in [-0.15, -0.1) is 0 Å². The van der Waals surface area contributed by atoms with Crippen LogP contribution >= 0.6 is 0 Å². The van der Waals surface area contributed by atoms with E-state index in [9.17, 15) is 4.79 Å². The van der Waals surface area contributed by atoms with Crippen LogP contribution < -0.4 is 14.8 Å². The summed E-state index contributed by atoms with van der Waals surface area (Å²) in [4.78, 5) is 12.2. The highest BCUT2D eigenvalue weighted by atomic mass is 16.5. The normalized spacial score (nSPS) is 19.0. The Bertz CT molecular complexity index is 722. The van der Waals surface area contributed by atoms with Gasteiger partial charge in [0, 0.05) is 24.8 Å². The van der Waals surface area contributed by atoms with Gasteiger partial charge in [-0.05, 0) is 36.6 Å². The Kier molecular flexibility index (Phi) is 4.79. The van der Waals surface area contributed by atoms with Crippen LogP contribution in [0.2, 0.25) is 0 Å². The molecule has 1 aromatic carbocycles. The first-order chi connectivity index (χ1) is 11.6. The lowest BCUT2D eigenvalue weighted by molar-refractivity contribution is -0.116. The van der Waals surface area contributed by atoms with Gasteiger partial charge in [0.2, 0.25) is 5.91 Å². The van der Waals surface area contributed by atoms with E-state index in [0.717, 1.165) is 17.4 Å². The van der Waals surface area contributed by atoms with Crippen molar-refractivity contribution in [2.24, 2.45) is 5.92 Å². The highest BCUT2D eigenvalue weighted by molar-refractivity contribution is 5.92. The van der Waals surface area contributed by atoms with Crippen LogP contribution in [-0.4, -0.2) is 20.1 Å². The molecule has 0 spiro atoms. The number of ether oxygens (including phenoxy) is 2. The van der Waals surface area contributed by atoms with Crippen molar-refractivity contribution in [1.29, 1.82) is 0 Å². The highest BCUT2D eigenvalue weighted by Crippen LogP contribution is 2.47. The third-order valence-electron chi connectivity index (χ3n) is 4.44. The number of aryl methyl sites for hydroxylation is 1. The zero-order chi connectivity index (χ0) is 17.1. The molecular weight excluding hydrogens is 306 g/mol. The molecule has 1 N–H and O–H groups in total. The molecule has 0 aliphatic heterocycles. The van der Waals surface area contributed by atoms with Crippen molar-refractivity contribution in [3.8, 4) is 11.5 Å². The number of methoxy groups -OCH3 is 2. The maximum atomic E-state index is 12.2. The van der Waals surface area contributed by atoms with Crippen molar-refractivity contribution in [2.75, 3.05) is 19.5 Å². The van der Waals surface area contributed by atoms with Crippen LogP contribution in [0.3, 0.4) is 0 Å². The highest BCUT2D eigenvalue weighted by Gasteiger charge is 2.36. The van der Waals surface area contributed by atoms with E-state index in [1.165, 1.54) is 6.42 Å². The molecule has 0 radical (unpaired) electrons. The van der Waals surface area contributed by atoms with Crippen molar-refractivity contribution in [2.45, 2.75) is 32.1 Å². The lowest BCUT2D eigenvalue weighted by atomic mass is 10.2. The van der Waals surface area contributed by atoms with Crippen LogP contribution in [0.4, 0.5) is 5.69 Å². The molecule has 24 heavy (non-hydrogen) atoms. The number of hydrogen-bond acceptors (Lipinski definition) is 4. The number of nitrogens with one attached hydrogen (secondary N) is 1. The van der Waals surface area contributed by atoms with Crippen molar-refractivity contribution in [3.05, 3.63) is 41.9 Å². The van der Waals surface area contributed by atoms with E-state index < -0.39 is 0 Å². The fraction of sp³-hybridized carbons (Fsp3) is 0.421. The van der Waals surface area contributed by atoms with Gasteiger partial charge in [0.1, 0.15) is 23.0 Å². The van der Waals surface area contributed by atoms with Crippen LogP contribution in [0, 0.1) is 5.92 Å². The Balaban J connectivity index is 1.55. The molecule has 0 saturated heterocycles. The van der Waals surface area contributed by atoms with E-state index >= 15 is 0 Å². The average Bonchev–Trinajstić information content (AvgIpc) is 3.13. The van der Waals surface area contributed by atoms with E-state index in [1.807, 2.05) is 12.1 Å². The first kappa shape index (κ1) is 16.4. The minimum Gasteiger partial charge on any atom is -0.497 e. The molecule has 1 amide bonds. The molecule has 1 saturated carbocycles. The van der Waals surface area contributed by atoms with Crippen molar-refractivity contribution >= 4 is 11.6 Å². The molecule has 128 valence electrons. The van der Waals surface area contributed by atoms with Gasteiger partial charge < -0.3 is 19.2 Å². The first-order valence-corrected chi connectivity index (χ1v) is 8.21. The number of anilines is 1. The zero-order valence-electron chi connectivity index (χ0n) is 14.3. The summed E-state index contributed by atoms with van der Waals surface area (Å²) in [6, 6.07) is 9.31. The Morgan fingerprint density at radius 1 is 1.25 bits per heavy atom. The van der Waals surface area contributed by atoms with E-state index in [1.54, 1.807) is 32.4 Å². The van der Waals surface area contributed by atoms with Gasteiger partial charge in [-0.3, -0.25) is 4.79 Å². The molecule has 0 bridgehead atoms. The van der Waals surface area contributed by atoms with Crippen molar-refractivity contribution < 1.29 is 18.7 Å². The molecule has 5 nitrogen and oxygen atoms in total. The van der Waals surface area contributed by atoms with Gasteiger partial charge in [0.15, 0.2) is 0 Å². The van der Waals surface area contributed by atoms with Gasteiger partial charge in [-0.25, -0.2) is 0 Å². The maximum absolute atomic E-state index is 12.2. The monoisotopic (exact) mass is 329 g/mol. The van der Waals surface area contributed by atoms with Gasteiger partial charge in [-0.1, -0.05) is 6.92 Å². The lowest BCUT2D eigenvalue weighted by Gasteiger charge is -2.11. The number of rotatable bonds is 7. The van der Waals surface area contributed by atoms with E-state index in [4.69, 9.17) is 13.9 Å². The largest absolute Gasteiger partial charge is 0.497 e. The topological polar surface area (TPSA) is 60.7 Å². The Morgan fingerprint density at radius 2 is 2.04 bits per heavy atom. The number of carbonyl (C=O) groups excluding carboxylic acids is 1. The molecule has 1 heterocycles. The van der Waals surface area contributed by atoms with Crippen LogP contribution in [0.15, 0.2) is 34.7 Å². The summed E-state index contributed by atoms with van der Waals surface area (Å²) >= 11 is 0. The third kappa shape index (κ3) is 3.72. The van der Waals surface area contributed by atoms with Crippen LogP contribution in [0.5, 0.6) is 11.5 Å². The number of amides is 1. The van der Waals surface area contributed by atoms with Crippen LogP contribution in [0.25, 0.3) is 0 Å². The smallest absolute Gasteiger partial charge is 0.224 e. The summed E-state index contributed by atoms with van der Waals surface area (Å²) in [6.07, 6.45) is 2.15. The Labute approximate surface area is 141 Å². The molecule has 0 unspecified atom stereocenters. The molecule has 2 aromatic rings. The molecule has 2 atom stereocenters. The number of furan rings is 1. The quantitative estimate of drug-likeness (QED) is 0.834. The summed E-state index contributed by atoms with van der Waals surface area (Å²) in [5.41, 5.74) is 0.634. The molecule has 1 aliphatic rings. The Morgan fingerprint density at radius 3 is 2.71 bits per heavy atom. The minimum atomic E-state index is -0.0730. The van der Waals surface area contributed by atoms with Crippen molar-refractivity contribution in [3.63, 3.8) is 0 Å². The summed E-state index contributed by atoms with van der Waals surface area (Å²) in [5, 5.41) is 2.87. The summed E-state index contributed by atoms with van der Waals surface area (Å²) in [5.74, 6) is 4.38. The minimum absolute atomic E-state index is 0.0730. The Hall–Kier alpha value is -2.43. The number of carbonyl (C=O) groups is 1. The molecule has 3 rings (SSSR count). The SMILES string of the molecule is COc1ccc(NC(=O)CCc2ccc([C@@H]3C[C@@H]3C)o2)c(OC)c1. The second-order valence-electron chi connectivity index (χ2n) is 6.24. The lowest BCUT2D eigenvalue weighted by Crippen LogP contribution is -2.13. The third-order valence-corrected chi connectivity index (χ3v) is 4.44. The average molecular weight is 329 g/mol. The first-order valence-electron chi connectivity index (χ1n) is 8.21. The van der Waals surface area contributed by atoms with Crippen LogP contribution in [-0.2, 0) is 11.2 Å². The fourth-order valence-corrected chi connectivity index (χ4v) is 2.80. The zero-order valence-corrected chi connectivity index (χ0v) is 14.3. The van der Waals surface area contributed by atoms with Gasteiger partial charge in [-0.2, -0.15) is 0 Å². The fourth-order valence-electron chi connectivity index (χ4n) is 2.80. The van der Waals surface area contributed by atoms with Gasteiger partial charge in [0.05, 0.1) is 19.9 Å².